The number of nitrogens with zero attached hydrogens (tertiary/aromatic N) is 1. The molecule has 2 aliphatic rings. The summed E-state index contributed by atoms with van der Waals surface area (Å²) >= 11 is 0. The van der Waals surface area contributed by atoms with Gasteiger partial charge < -0.3 is 25.8 Å². The van der Waals surface area contributed by atoms with Crippen LogP contribution in [0.5, 0.6) is 5.75 Å². The summed E-state index contributed by atoms with van der Waals surface area (Å²) in [5, 5.41) is 8.20. The monoisotopic (exact) mass is 923 g/mol. The van der Waals surface area contributed by atoms with Crippen LogP contribution in [-0.2, 0) is 45.6 Å². The summed E-state index contributed by atoms with van der Waals surface area (Å²) in [5.41, 5.74) is 9.20. The molecule has 0 saturated heterocycles. The van der Waals surface area contributed by atoms with Gasteiger partial charge in [-0.2, -0.15) is 0 Å². The van der Waals surface area contributed by atoms with Gasteiger partial charge in [-0.3, -0.25) is 24.7 Å². The van der Waals surface area contributed by atoms with Gasteiger partial charge in [0.1, 0.15) is 23.0 Å². The van der Waals surface area contributed by atoms with Crippen molar-refractivity contribution in [1.29, 1.82) is 0 Å². The van der Waals surface area contributed by atoms with E-state index in [4.69, 9.17) is 15.2 Å². The van der Waals surface area contributed by atoms with Crippen molar-refractivity contribution >= 4 is 61.1 Å². The van der Waals surface area contributed by atoms with Crippen LogP contribution < -0.4 is 35.9 Å². The zero-order valence-corrected chi connectivity index (χ0v) is 39.6. The molecule has 0 aromatic heterocycles. The van der Waals surface area contributed by atoms with Gasteiger partial charge in [-0.05, 0) is 141 Å². The van der Waals surface area contributed by atoms with Gasteiger partial charge in [0.25, 0.3) is 10.0 Å². The molecule has 19 heteroatoms. The maximum absolute atomic E-state index is 13.9. The second-order valence-electron chi connectivity index (χ2n) is 18.1. The van der Waals surface area contributed by atoms with E-state index in [1.54, 1.807) is 71.0 Å². The number of benzene rings is 3. The third-order valence-corrected chi connectivity index (χ3v) is 14.2. The van der Waals surface area contributed by atoms with Crippen LogP contribution in [0.1, 0.15) is 94.5 Å². The van der Waals surface area contributed by atoms with Crippen molar-refractivity contribution < 1.29 is 45.5 Å². The van der Waals surface area contributed by atoms with Gasteiger partial charge in [-0.1, -0.05) is 24.1 Å². The van der Waals surface area contributed by atoms with Crippen molar-refractivity contribution in [1.82, 2.24) is 14.8 Å². The van der Waals surface area contributed by atoms with E-state index in [-0.39, 0.29) is 35.1 Å². The summed E-state index contributed by atoms with van der Waals surface area (Å²) in [6.45, 7) is 15.7. The molecule has 3 aromatic rings. The Morgan fingerprint density at radius 1 is 0.859 bits per heavy atom. The van der Waals surface area contributed by atoms with E-state index >= 15 is 0 Å². The van der Waals surface area contributed by atoms with Gasteiger partial charge in [-0.15, -0.1) is 0 Å². The smallest absolute Gasteiger partial charge is 0.412 e. The molecule has 1 aliphatic heterocycles. The van der Waals surface area contributed by atoms with Gasteiger partial charge in [0.15, 0.2) is 5.78 Å². The predicted octanol–water partition coefficient (Wildman–Crippen LogP) is 5.44. The van der Waals surface area contributed by atoms with Gasteiger partial charge in [0.2, 0.25) is 27.8 Å². The SMILES string of the molecule is Cc1ccc(S(=O)(=O)NCC(=O)C2CCC[C@H]2C(=O)N[C@@H](CCCN=C(N)NS(=O)(=O)c2c(C)c(C)c3c(c2C)CC(C)(C)O3)C(=O)Nc2ccc(NC(=O)OC(C)(C)C)cc2)cc1. The number of Topliss-reactive ketones (excluding diaryl/α,β-unsaturated/α-hetero) is 1. The topological polar surface area (TPSA) is 254 Å². The molecule has 3 aromatic carbocycles. The van der Waals surface area contributed by atoms with Gasteiger partial charge in [-0.25, -0.2) is 31.1 Å². The number of amides is 3. The van der Waals surface area contributed by atoms with Crippen molar-refractivity contribution in [3.05, 3.63) is 76.3 Å². The number of aliphatic imine (C=N–C) groups is 1. The van der Waals surface area contributed by atoms with Crippen LogP contribution in [0.15, 0.2) is 63.3 Å². The molecule has 0 spiro atoms. The maximum Gasteiger partial charge on any atom is 0.412 e. The fourth-order valence-corrected chi connectivity index (χ4v) is 10.5. The number of fused-ring (bicyclic) bond motifs is 1. The molecule has 348 valence electrons. The molecule has 64 heavy (non-hydrogen) atoms. The Balaban J connectivity index is 1.27. The molecule has 0 bridgehead atoms. The number of nitrogens with two attached hydrogens (primary N) is 1. The standard InChI is InChI=1S/C45H61N7O10S2/c1-26-15-21-32(22-16-26)63(57,58)48-25-37(53)33-12-10-13-34(33)40(54)51-36(41(55)49-30-17-19-31(20-18-30)50-43(56)62-44(5,6)7)14-11-23-47-42(46)52-64(59,60)39-28(3)27(2)38-35(29(39)4)24-45(8,9)61-38/h15-22,33-34,36,48H,10-14,23-25H2,1-9H3,(H,49,55)(H,50,56)(H,51,54)(H3,46,47,52)/t33?,34-,36+/m1/s1. The van der Waals surface area contributed by atoms with E-state index in [1.807, 2.05) is 27.7 Å². The van der Waals surface area contributed by atoms with Gasteiger partial charge in [0.05, 0.1) is 16.3 Å². The fraction of sp³-hybridized carbons (Fsp3) is 0.489. The van der Waals surface area contributed by atoms with Crippen molar-refractivity contribution in [3.63, 3.8) is 0 Å². The first-order valence-electron chi connectivity index (χ1n) is 21.2. The third kappa shape index (κ3) is 12.6. The van der Waals surface area contributed by atoms with Crippen molar-refractivity contribution in [2.75, 3.05) is 23.7 Å². The Bertz CT molecular complexity index is 2520. The molecule has 1 heterocycles. The quantitative estimate of drug-likeness (QED) is 0.0599. The van der Waals surface area contributed by atoms with Crippen LogP contribution in [-0.4, -0.2) is 76.8 Å². The Morgan fingerprint density at radius 3 is 2.09 bits per heavy atom. The summed E-state index contributed by atoms with van der Waals surface area (Å²) in [5.74, 6) is -2.85. The van der Waals surface area contributed by atoms with E-state index in [2.05, 4.69) is 30.4 Å². The van der Waals surface area contributed by atoms with Gasteiger partial charge in [0, 0.05) is 41.7 Å². The number of ether oxygens (including phenoxy) is 2. The molecular formula is C45H61N7O10S2. The maximum atomic E-state index is 13.9. The highest BCUT2D eigenvalue weighted by Crippen LogP contribution is 2.43. The van der Waals surface area contributed by atoms with Crippen molar-refractivity contribution in [3.8, 4) is 5.75 Å². The molecule has 0 radical (unpaired) electrons. The summed E-state index contributed by atoms with van der Waals surface area (Å²) in [4.78, 5) is 57.7. The Labute approximate surface area is 376 Å². The molecule has 3 atom stereocenters. The number of rotatable bonds is 16. The highest BCUT2D eigenvalue weighted by molar-refractivity contribution is 7.90. The largest absolute Gasteiger partial charge is 0.487 e. The molecular weight excluding hydrogens is 863 g/mol. The number of guanidine groups is 1. The third-order valence-electron chi connectivity index (χ3n) is 11.2. The highest BCUT2D eigenvalue weighted by atomic mass is 32.2. The van der Waals surface area contributed by atoms with E-state index < -0.39 is 79.4 Å². The van der Waals surface area contributed by atoms with Gasteiger partial charge >= 0.3 is 6.09 Å². The number of aryl methyl sites for hydroxylation is 1. The zero-order chi connectivity index (χ0) is 47.4. The van der Waals surface area contributed by atoms with E-state index in [9.17, 15) is 36.0 Å². The average Bonchev–Trinajstić information content (AvgIpc) is 3.82. The molecule has 1 fully saturated rings. The lowest BCUT2D eigenvalue weighted by molar-refractivity contribution is -0.133. The summed E-state index contributed by atoms with van der Waals surface area (Å²) in [6, 6.07) is 11.3. The molecule has 3 amide bonds. The van der Waals surface area contributed by atoms with E-state index in [0.717, 1.165) is 16.7 Å². The molecule has 1 aliphatic carbocycles. The number of carbonyl (C=O) groups excluding carboxylic acids is 4. The second-order valence-corrected chi connectivity index (χ2v) is 21.5. The lowest BCUT2D eigenvalue weighted by Crippen LogP contribution is -2.48. The van der Waals surface area contributed by atoms with Crippen molar-refractivity contribution in [2.45, 2.75) is 128 Å². The predicted molar refractivity (Wildman–Crippen MR) is 244 cm³/mol. The number of nitrogens with one attached hydrogen (secondary N) is 5. The number of hydrogen-bond acceptors (Lipinski definition) is 11. The summed E-state index contributed by atoms with van der Waals surface area (Å²) in [6.07, 6.45) is 1.36. The first-order chi connectivity index (χ1) is 29.8. The Hall–Kier alpha value is -5.53. The van der Waals surface area contributed by atoms with E-state index in [1.165, 1.54) is 12.1 Å². The van der Waals surface area contributed by atoms with Crippen LogP contribution in [0.2, 0.25) is 0 Å². The zero-order valence-electron chi connectivity index (χ0n) is 37.9. The normalized spacial score (nSPS) is 17.7. The number of sulfonamides is 2. The average molecular weight is 924 g/mol. The summed E-state index contributed by atoms with van der Waals surface area (Å²) < 4.78 is 69.4. The second kappa shape index (κ2) is 19.7. The Kier molecular flexibility index (Phi) is 15.2. The molecule has 5 rings (SSSR count). The number of anilines is 2. The van der Waals surface area contributed by atoms with Crippen LogP contribution >= 0.6 is 0 Å². The first-order valence-corrected chi connectivity index (χ1v) is 24.2. The lowest BCUT2D eigenvalue weighted by Gasteiger charge is -2.23. The Morgan fingerprint density at radius 2 is 1.47 bits per heavy atom. The number of hydrogen-bond donors (Lipinski definition) is 6. The minimum absolute atomic E-state index is 0.0111. The first kappa shape index (κ1) is 49.5. The highest BCUT2D eigenvalue weighted by Gasteiger charge is 2.40. The van der Waals surface area contributed by atoms with Crippen LogP contribution in [0.4, 0.5) is 16.2 Å². The number of ketones is 1. The lowest BCUT2D eigenvalue weighted by atomic mass is 9.90. The van der Waals surface area contributed by atoms with Crippen LogP contribution in [0.25, 0.3) is 0 Å². The van der Waals surface area contributed by atoms with Crippen molar-refractivity contribution in [2.24, 2.45) is 22.6 Å². The molecule has 17 nitrogen and oxygen atoms in total. The summed E-state index contributed by atoms with van der Waals surface area (Å²) in [7, 11) is -8.15. The molecule has 1 saturated carbocycles. The molecule has 1 unspecified atom stereocenters. The van der Waals surface area contributed by atoms with Crippen LogP contribution in [0.3, 0.4) is 0 Å². The van der Waals surface area contributed by atoms with Crippen LogP contribution in [0, 0.1) is 39.5 Å². The minimum atomic E-state index is -4.17. The molecule has 7 N–H and O–H groups in total. The fourth-order valence-electron chi connectivity index (χ4n) is 7.96. The number of carbonyl (C=O) groups is 4. The van der Waals surface area contributed by atoms with E-state index in [0.29, 0.717) is 53.9 Å². The minimum Gasteiger partial charge on any atom is -0.487 e.